The lowest BCUT2D eigenvalue weighted by atomic mass is 10.1. The zero-order chi connectivity index (χ0) is 14.4. The predicted octanol–water partition coefficient (Wildman–Crippen LogP) is -2.37. The lowest BCUT2D eigenvalue weighted by Gasteiger charge is -2.17. The van der Waals surface area contributed by atoms with E-state index >= 15 is 0 Å². The zero-order valence-electron chi connectivity index (χ0n) is 10.2. The van der Waals surface area contributed by atoms with Gasteiger partial charge in [0.15, 0.2) is 6.23 Å². The highest BCUT2D eigenvalue weighted by atomic mass is 16.6. The Morgan fingerprint density at radius 3 is 2.65 bits per heavy atom. The molecule has 5 N–H and O–H groups in total. The van der Waals surface area contributed by atoms with Crippen molar-refractivity contribution in [2.45, 2.75) is 24.5 Å². The van der Waals surface area contributed by atoms with Crippen LogP contribution >= 0.6 is 0 Å². The third kappa shape index (κ3) is 1.79. The quantitative estimate of drug-likeness (QED) is 0.417. The minimum atomic E-state index is -1.30. The number of aromatic nitrogens is 3. The van der Waals surface area contributed by atoms with Crippen LogP contribution in [0.4, 0.5) is 0 Å². The number of hydrogen-bond acceptors (Lipinski definition) is 6. The number of aliphatic hydroxyl groups is 3. The summed E-state index contributed by atoms with van der Waals surface area (Å²) in [7, 11) is 0. The molecule has 1 fully saturated rings. The van der Waals surface area contributed by atoms with Crippen LogP contribution in [0.5, 0.6) is 0 Å². The summed E-state index contributed by atoms with van der Waals surface area (Å²) in [6.07, 6.45) is -3.06. The van der Waals surface area contributed by atoms with Crippen LogP contribution in [0.15, 0.2) is 21.9 Å². The largest absolute Gasteiger partial charge is 0.394 e. The fourth-order valence-corrected chi connectivity index (χ4v) is 2.43. The van der Waals surface area contributed by atoms with Crippen LogP contribution in [0.3, 0.4) is 0 Å². The molecule has 0 aromatic carbocycles. The van der Waals surface area contributed by atoms with Crippen LogP contribution in [0.25, 0.3) is 11.0 Å². The van der Waals surface area contributed by atoms with Gasteiger partial charge >= 0.3 is 5.69 Å². The van der Waals surface area contributed by atoms with Crippen molar-refractivity contribution in [3.05, 3.63) is 33.1 Å². The van der Waals surface area contributed by atoms with Gasteiger partial charge < -0.3 is 29.6 Å². The normalized spacial score (nSPS) is 30.1. The van der Waals surface area contributed by atoms with Gasteiger partial charge in [0.05, 0.1) is 12.1 Å². The van der Waals surface area contributed by atoms with E-state index in [4.69, 9.17) is 9.84 Å². The maximum absolute atomic E-state index is 11.8. The molecule has 1 aliphatic heterocycles. The molecule has 9 nitrogen and oxygen atoms in total. The number of rotatable bonds is 2. The minimum Gasteiger partial charge on any atom is -0.394 e. The van der Waals surface area contributed by atoms with Crippen LogP contribution in [0.2, 0.25) is 0 Å². The van der Waals surface area contributed by atoms with Crippen LogP contribution < -0.4 is 11.2 Å². The van der Waals surface area contributed by atoms with Gasteiger partial charge in [-0.1, -0.05) is 0 Å². The molecule has 0 bridgehead atoms. The first kappa shape index (κ1) is 13.1. The first-order chi connectivity index (χ1) is 9.52. The minimum absolute atomic E-state index is 0.111. The van der Waals surface area contributed by atoms with Gasteiger partial charge in [-0.3, -0.25) is 9.78 Å². The van der Waals surface area contributed by atoms with E-state index in [-0.39, 0.29) is 11.0 Å². The summed E-state index contributed by atoms with van der Waals surface area (Å²) in [4.78, 5) is 27.5. The molecule has 2 aromatic rings. The van der Waals surface area contributed by atoms with E-state index < -0.39 is 42.4 Å². The third-order valence-electron chi connectivity index (χ3n) is 3.40. The Hall–Kier alpha value is -1.94. The van der Waals surface area contributed by atoms with Gasteiger partial charge in [-0.25, -0.2) is 4.79 Å². The Labute approximate surface area is 111 Å². The monoisotopic (exact) mass is 283 g/mol. The molecule has 20 heavy (non-hydrogen) atoms. The smallest absolute Gasteiger partial charge is 0.326 e. The second kappa shape index (κ2) is 4.56. The first-order valence-corrected chi connectivity index (χ1v) is 5.98. The van der Waals surface area contributed by atoms with Crippen molar-refractivity contribution < 1.29 is 20.1 Å². The Kier molecular flexibility index (Phi) is 2.98. The summed E-state index contributed by atoms with van der Waals surface area (Å²) in [6, 6.07) is 1.49. The van der Waals surface area contributed by atoms with Crippen LogP contribution in [0, 0.1) is 0 Å². The SMILES string of the molecule is O=c1[nH]c(=O)c2c(ccn2[C@@H]2O[C@H](CO)[C@@H](O)[C@@H]2O)[nH]1. The fourth-order valence-electron chi connectivity index (χ4n) is 2.43. The average molecular weight is 283 g/mol. The molecule has 0 saturated carbocycles. The molecule has 1 saturated heterocycles. The maximum Gasteiger partial charge on any atom is 0.326 e. The topological polar surface area (TPSA) is 141 Å². The summed E-state index contributed by atoms with van der Waals surface area (Å²) in [5, 5.41) is 28.7. The Balaban J connectivity index is 2.12. The molecule has 9 heteroatoms. The summed E-state index contributed by atoms with van der Waals surface area (Å²) >= 11 is 0. The molecule has 2 aromatic heterocycles. The van der Waals surface area contributed by atoms with E-state index in [0.29, 0.717) is 0 Å². The van der Waals surface area contributed by atoms with Gasteiger partial charge in [0.1, 0.15) is 23.8 Å². The standard InChI is InChI=1S/C11H13N3O6/c15-3-5-7(16)8(17)10(20-5)14-2-1-4-6(14)9(18)13-11(19)12-4/h1-2,5,7-8,10,15-17H,3H2,(H2,12,13,18,19)/t5-,7-,8+,10-/m1/s1. The highest BCUT2D eigenvalue weighted by Gasteiger charge is 2.43. The van der Waals surface area contributed by atoms with Crippen molar-refractivity contribution in [1.82, 2.24) is 14.5 Å². The van der Waals surface area contributed by atoms with Gasteiger partial charge in [-0.05, 0) is 6.07 Å². The van der Waals surface area contributed by atoms with E-state index in [0.717, 1.165) is 0 Å². The van der Waals surface area contributed by atoms with E-state index in [2.05, 4.69) is 9.97 Å². The van der Waals surface area contributed by atoms with Gasteiger partial charge in [0.2, 0.25) is 0 Å². The van der Waals surface area contributed by atoms with Crippen molar-refractivity contribution >= 4 is 11.0 Å². The molecule has 0 unspecified atom stereocenters. The number of ether oxygens (including phenoxy) is 1. The Morgan fingerprint density at radius 2 is 2.00 bits per heavy atom. The first-order valence-electron chi connectivity index (χ1n) is 5.98. The van der Waals surface area contributed by atoms with Gasteiger partial charge in [-0.15, -0.1) is 0 Å². The molecule has 0 radical (unpaired) electrons. The molecular formula is C11H13N3O6. The van der Waals surface area contributed by atoms with Crippen molar-refractivity contribution in [3.8, 4) is 0 Å². The van der Waals surface area contributed by atoms with E-state index in [1.807, 2.05) is 0 Å². The molecular weight excluding hydrogens is 270 g/mol. The zero-order valence-corrected chi connectivity index (χ0v) is 10.2. The van der Waals surface area contributed by atoms with E-state index in [1.165, 1.54) is 16.8 Å². The molecule has 0 spiro atoms. The molecule has 3 rings (SSSR count). The third-order valence-corrected chi connectivity index (χ3v) is 3.40. The molecule has 0 amide bonds. The Bertz CT molecular complexity index is 746. The number of hydrogen-bond donors (Lipinski definition) is 5. The molecule has 108 valence electrons. The fraction of sp³-hybridized carbons (Fsp3) is 0.455. The molecule has 1 aliphatic rings. The number of nitrogens with one attached hydrogen (secondary N) is 2. The highest BCUT2D eigenvalue weighted by Crippen LogP contribution is 2.30. The van der Waals surface area contributed by atoms with Gasteiger partial charge in [0.25, 0.3) is 5.56 Å². The average Bonchev–Trinajstić information content (AvgIpc) is 2.93. The lowest BCUT2D eigenvalue weighted by Crippen LogP contribution is -2.33. The van der Waals surface area contributed by atoms with Crippen molar-refractivity contribution in [2.24, 2.45) is 0 Å². The predicted molar refractivity (Wildman–Crippen MR) is 66.2 cm³/mol. The molecule has 3 heterocycles. The van der Waals surface area contributed by atoms with Crippen molar-refractivity contribution in [2.75, 3.05) is 6.61 Å². The second-order valence-electron chi connectivity index (χ2n) is 4.62. The summed E-state index contributed by atoms with van der Waals surface area (Å²) in [6.45, 7) is -0.457. The maximum atomic E-state index is 11.8. The van der Waals surface area contributed by atoms with Gasteiger partial charge in [-0.2, -0.15) is 0 Å². The number of aromatic amines is 2. The summed E-state index contributed by atoms with van der Waals surface area (Å²) in [5.74, 6) is 0. The lowest BCUT2D eigenvalue weighted by molar-refractivity contribution is -0.0507. The van der Waals surface area contributed by atoms with E-state index in [1.54, 1.807) is 0 Å². The number of aliphatic hydroxyl groups excluding tert-OH is 3. The molecule has 4 atom stereocenters. The number of fused-ring (bicyclic) bond motifs is 1. The summed E-state index contributed by atoms with van der Waals surface area (Å²) in [5.41, 5.74) is -0.871. The van der Waals surface area contributed by atoms with Crippen LogP contribution in [-0.4, -0.2) is 54.8 Å². The van der Waals surface area contributed by atoms with Crippen molar-refractivity contribution in [3.63, 3.8) is 0 Å². The van der Waals surface area contributed by atoms with E-state index in [9.17, 15) is 19.8 Å². The molecule has 0 aliphatic carbocycles. The van der Waals surface area contributed by atoms with Crippen LogP contribution in [0.1, 0.15) is 6.23 Å². The van der Waals surface area contributed by atoms with Crippen LogP contribution in [-0.2, 0) is 4.74 Å². The summed E-state index contributed by atoms with van der Waals surface area (Å²) < 4.78 is 6.65. The van der Waals surface area contributed by atoms with Crippen molar-refractivity contribution in [1.29, 1.82) is 0 Å². The Morgan fingerprint density at radius 1 is 1.25 bits per heavy atom. The van der Waals surface area contributed by atoms with Gasteiger partial charge in [0, 0.05) is 6.20 Å². The highest BCUT2D eigenvalue weighted by molar-refractivity contribution is 5.74. The number of H-pyrrole nitrogens is 2. The number of nitrogens with zero attached hydrogens (tertiary/aromatic N) is 1. The second-order valence-corrected chi connectivity index (χ2v) is 4.62.